The van der Waals surface area contributed by atoms with Gasteiger partial charge < -0.3 is 24.2 Å². The Labute approximate surface area is 208 Å². The number of aliphatic hydroxyl groups is 1. The molecule has 3 aromatic rings. The lowest BCUT2D eigenvalue weighted by Crippen LogP contribution is -2.31. The minimum atomic E-state index is -0.882. The van der Waals surface area contributed by atoms with Gasteiger partial charge in [0, 0.05) is 12.1 Å². The molecule has 0 aromatic heterocycles. The van der Waals surface area contributed by atoms with Gasteiger partial charge in [-0.15, -0.1) is 0 Å². The molecule has 1 N–H and O–H groups in total. The van der Waals surface area contributed by atoms with E-state index in [9.17, 15) is 19.1 Å². The number of hydrogen-bond acceptors (Lipinski definition) is 6. The number of halogens is 1. The predicted molar refractivity (Wildman–Crippen MR) is 132 cm³/mol. The van der Waals surface area contributed by atoms with Crippen molar-refractivity contribution in [2.75, 3.05) is 27.9 Å². The van der Waals surface area contributed by atoms with Gasteiger partial charge in [-0.1, -0.05) is 18.2 Å². The minimum absolute atomic E-state index is 0.0518. The monoisotopic (exact) mass is 491 g/mol. The normalized spacial score (nSPS) is 16.8. The van der Waals surface area contributed by atoms with Gasteiger partial charge >= 0.3 is 0 Å². The SMILES string of the molecule is COc1ccc(/C(O)=C2\C(=O)C(=O)N(CCc3ccc(OC)c(OC)c3)C2c2ccc(F)cc2)cc1. The number of carbonyl (C=O) groups is 2. The van der Waals surface area contributed by atoms with Crippen molar-refractivity contribution in [1.29, 1.82) is 0 Å². The molecule has 1 saturated heterocycles. The summed E-state index contributed by atoms with van der Waals surface area (Å²) in [5.41, 5.74) is 1.69. The zero-order valence-corrected chi connectivity index (χ0v) is 20.2. The van der Waals surface area contributed by atoms with Gasteiger partial charge in [-0.05, 0) is 66.1 Å². The van der Waals surface area contributed by atoms with Crippen molar-refractivity contribution in [1.82, 2.24) is 4.90 Å². The summed E-state index contributed by atoms with van der Waals surface area (Å²) < 4.78 is 29.5. The molecule has 36 heavy (non-hydrogen) atoms. The largest absolute Gasteiger partial charge is 0.507 e. The summed E-state index contributed by atoms with van der Waals surface area (Å²) in [6, 6.07) is 16.6. The Morgan fingerprint density at radius 1 is 0.889 bits per heavy atom. The summed E-state index contributed by atoms with van der Waals surface area (Å²) in [5.74, 6) is -0.587. The first kappa shape index (κ1) is 24.8. The average molecular weight is 492 g/mol. The zero-order valence-electron chi connectivity index (χ0n) is 20.2. The Hall–Kier alpha value is -4.33. The van der Waals surface area contributed by atoms with Crippen LogP contribution < -0.4 is 14.2 Å². The standard InChI is InChI=1S/C28H26FNO6/c1-34-21-11-7-19(8-12-21)26(31)24-25(18-5-9-20(29)10-6-18)30(28(33)27(24)32)15-14-17-4-13-22(35-2)23(16-17)36-3/h4-13,16,25,31H,14-15H2,1-3H3/b26-24+. The van der Waals surface area contributed by atoms with Crippen LogP contribution in [0.15, 0.2) is 72.3 Å². The summed E-state index contributed by atoms with van der Waals surface area (Å²) in [5, 5.41) is 11.1. The summed E-state index contributed by atoms with van der Waals surface area (Å²) in [6.07, 6.45) is 0.410. The first-order valence-electron chi connectivity index (χ1n) is 11.3. The number of amides is 1. The van der Waals surface area contributed by atoms with Crippen LogP contribution in [-0.4, -0.2) is 49.6 Å². The van der Waals surface area contributed by atoms with Crippen molar-refractivity contribution in [3.63, 3.8) is 0 Å². The molecule has 1 unspecified atom stereocenters. The quantitative estimate of drug-likeness (QED) is 0.283. The smallest absolute Gasteiger partial charge is 0.295 e. The molecule has 1 aliphatic rings. The van der Waals surface area contributed by atoms with Crippen LogP contribution in [0.1, 0.15) is 22.7 Å². The Bertz CT molecular complexity index is 1300. The molecular formula is C28H26FNO6. The second kappa shape index (κ2) is 10.5. The van der Waals surface area contributed by atoms with Crippen LogP contribution in [0.25, 0.3) is 5.76 Å². The summed E-state index contributed by atoms with van der Waals surface area (Å²) >= 11 is 0. The molecule has 0 bridgehead atoms. The lowest BCUT2D eigenvalue weighted by atomic mass is 9.95. The highest BCUT2D eigenvalue weighted by Gasteiger charge is 2.45. The number of aliphatic hydroxyl groups excluding tert-OH is 1. The van der Waals surface area contributed by atoms with Gasteiger partial charge in [-0.2, -0.15) is 0 Å². The molecule has 1 heterocycles. The molecule has 1 amide bonds. The van der Waals surface area contributed by atoms with Crippen LogP contribution >= 0.6 is 0 Å². The van der Waals surface area contributed by atoms with E-state index in [1.165, 1.54) is 43.4 Å². The van der Waals surface area contributed by atoms with Gasteiger partial charge in [0.1, 0.15) is 17.3 Å². The number of benzene rings is 3. The number of methoxy groups -OCH3 is 3. The van der Waals surface area contributed by atoms with Crippen molar-refractivity contribution in [3.8, 4) is 17.2 Å². The second-order valence-corrected chi connectivity index (χ2v) is 8.21. The van der Waals surface area contributed by atoms with Gasteiger partial charge in [0.15, 0.2) is 11.5 Å². The number of hydrogen-bond donors (Lipinski definition) is 1. The Balaban J connectivity index is 1.73. The van der Waals surface area contributed by atoms with Crippen molar-refractivity contribution in [2.24, 2.45) is 0 Å². The molecule has 1 aliphatic heterocycles. The fourth-order valence-corrected chi connectivity index (χ4v) is 4.29. The van der Waals surface area contributed by atoms with E-state index in [2.05, 4.69) is 0 Å². The third-order valence-electron chi connectivity index (χ3n) is 6.18. The number of nitrogens with zero attached hydrogens (tertiary/aromatic N) is 1. The number of ketones is 1. The molecule has 0 aliphatic carbocycles. The average Bonchev–Trinajstić information content (AvgIpc) is 3.16. The van der Waals surface area contributed by atoms with Crippen LogP contribution in [0.5, 0.6) is 17.2 Å². The van der Waals surface area contributed by atoms with E-state index in [0.29, 0.717) is 34.8 Å². The van der Waals surface area contributed by atoms with Crippen LogP contribution in [-0.2, 0) is 16.0 Å². The molecule has 1 fully saturated rings. The second-order valence-electron chi connectivity index (χ2n) is 8.21. The number of likely N-dealkylation sites (tertiary alicyclic amines) is 1. The fourth-order valence-electron chi connectivity index (χ4n) is 4.29. The zero-order chi connectivity index (χ0) is 25.8. The molecule has 186 valence electrons. The molecule has 8 heteroatoms. The van der Waals surface area contributed by atoms with Crippen LogP contribution in [0, 0.1) is 5.82 Å². The molecule has 7 nitrogen and oxygen atoms in total. The lowest BCUT2D eigenvalue weighted by molar-refractivity contribution is -0.139. The number of Topliss-reactive ketones (excluding diaryl/α,β-unsaturated/α-hetero) is 1. The molecule has 4 rings (SSSR count). The van der Waals surface area contributed by atoms with Gasteiger partial charge in [0.25, 0.3) is 11.7 Å². The highest BCUT2D eigenvalue weighted by Crippen LogP contribution is 2.40. The van der Waals surface area contributed by atoms with E-state index in [4.69, 9.17) is 14.2 Å². The molecular weight excluding hydrogens is 465 g/mol. The third-order valence-corrected chi connectivity index (χ3v) is 6.18. The maximum absolute atomic E-state index is 13.7. The first-order valence-corrected chi connectivity index (χ1v) is 11.3. The summed E-state index contributed by atoms with van der Waals surface area (Å²) in [6.45, 7) is 0.182. The highest BCUT2D eigenvalue weighted by molar-refractivity contribution is 6.46. The number of ether oxygens (including phenoxy) is 3. The van der Waals surface area contributed by atoms with Crippen molar-refractivity contribution < 1.29 is 33.3 Å². The van der Waals surface area contributed by atoms with E-state index >= 15 is 0 Å². The topological polar surface area (TPSA) is 85.3 Å². The maximum Gasteiger partial charge on any atom is 0.295 e. The molecule has 1 atom stereocenters. The summed E-state index contributed by atoms with van der Waals surface area (Å²) in [4.78, 5) is 27.7. The van der Waals surface area contributed by atoms with Crippen molar-refractivity contribution >= 4 is 17.4 Å². The van der Waals surface area contributed by atoms with E-state index in [0.717, 1.165) is 5.56 Å². The van der Waals surface area contributed by atoms with Gasteiger partial charge in [-0.25, -0.2) is 4.39 Å². The van der Waals surface area contributed by atoms with Gasteiger partial charge in [0.05, 0.1) is 32.9 Å². The van der Waals surface area contributed by atoms with Crippen molar-refractivity contribution in [3.05, 3.63) is 94.8 Å². The van der Waals surface area contributed by atoms with E-state index in [1.54, 1.807) is 43.5 Å². The Kier molecular flexibility index (Phi) is 7.24. The van der Waals surface area contributed by atoms with E-state index in [1.807, 2.05) is 6.07 Å². The predicted octanol–water partition coefficient (Wildman–Crippen LogP) is 4.52. The number of carbonyl (C=O) groups excluding carboxylic acids is 2. The molecule has 0 saturated carbocycles. The van der Waals surface area contributed by atoms with Crippen LogP contribution in [0.2, 0.25) is 0 Å². The van der Waals surface area contributed by atoms with E-state index in [-0.39, 0.29) is 17.9 Å². The maximum atomic E-state index is 13.7. The van der Waals surface area contributed by atoms with Crippen molar-refractivity contribution in [2.45, 2.75) is 12.5 Å². The van der Waals surface area contributed by atoms with E-state index < -0.39 is 23.5 Å². The Morgan fingerprint density at radius 2 is 1.56 bits per heavy atom. The van der Waals surface area contributed by atoms with Gasteiger partial charge in [-0.3, -0.25) is 9.59 Å². The fraction of sp³-hybridized carbons (Fsp3) is 0.214. The highest BCUT2D eigenvalue weighted by atomic mass is 19.1. The first-order chi connectivity index (χ1) is 17.4. The third kappa shape index (κ3) is 4.75. The van der Waals surface area contributed by atoms with Gasteiger partial charge in [0.2, 0.25) is 0 Å². The number of rotatable bonds is 8. The minimum Gasteiger partial charge on any atom is -0.507 e. The Morgan fingerprint density at radius 3 is 2.17 bits per heavy atom. The van der Waals surface area contributed by atoms with Crippen LogP contribution in [0.4, 0.5) is 4.39 Å². The lowest BCUT2D eigenvalue weighted by Gasteiger charge is -2.25. The molecule has 0 radical (unpaired) electrons. The van der Waals surface area contributed by atoms with Crippen LogP contribution in [0.3, 0.4) is 0 Å². The molecule has 0 spiro atoms. The molecule has 3 aromatic carbocycles. The summed E-state index contributed by atoms with van der Waals surface area (Å²) in [7, 11) is 4.60.